The van der Waals surface area contributed by atoms with E-state index < -0.39 is 5.60 Å². The van der Waals surface area contributed by atoms with E-state index in [2.05, 4.69) is 40.5 Å². The van der Waals surface area contributed by atoms with E-state index in [1.165, 1.54) is 5.56 Å². The second-order valence-electron chi connectivity index (χ2n) is 9.56. The number of nitrogens with one attached hydrogen (secondary N) is 1. The highest BCUT2D eigenvalue weighted by Gasteiger charge is 2.52. The van der Waals surface area contributed by atoms with Gasteiger partial charge in [-0.15, -0.1) is 0 Å². The molecule has 6 nitrogen and oxygen atoms in total. The molecule has 1 aliphatic heterocycles. The van der Waals surface area contributed by atoms with Gasteiger partial charge >= 0.3 is 0 Å². The number of carbonyl (C=O) groups is 1. The van der Waals surface area contributed by atoms with Gasteiger partial charge in [-0.25, -0.2) is 0 Å². The Morgan fingerprint density at radius 3 is 2.58 bits per heavy atom. The Morgan fingerprint density at radius 1 is 1.13 bits per heavy atom. The first-order chi connectivity index (χ1) is 15.1. The topological polar surface area (TPSA) is 78.5 Å². The Hall–Kier alpha value is -2.18. The molecule has 1 saturated heterocycles. The molecule has 166 valence electrons. The van der Waals surface area contributed by atoms with E-state index in [1.807, 2.05) is 17.2 Å². The van der Waals surface area contributed by atoms with Gasteiger partial charge in [0.05, 0.1) is 24.4 Å². The minimum Gasteiger partial charge on any atom is -0.380 e. The molecular weight excluding hydrogens is 390 g/mol. The molecule has 2 heterocycles. The number of hydrogen-bond donors (Lipinski definition) is 2. The maximum absolute atomic E-state index is 13.1. The van der Waals surface area contributed by atoms with Crippen molar-refractivity contribution in [1.29, 1.82) is 0 Å². The first kappa shape index (κ1) is 20.7. The van der Waals surface area contributed by atoms with Crippen LogP contribution in [-0.4, -0.2) is 57.0 Å². The fourth-order valence-corrected chi connectivity index (χ4v) is 5.46. The Kier molecular flexibility index (Phi) is 5.85. The summed E-state index contributed by atoms with van der Waals surface area (Å²) in [5, 5.41) is 17.8. The van der Waals surface area contributed by atoms with E-state index >= 15 is 0 Å². The number of rotatable bonds is 6. The highest BCUT2D eigenvalue weighted by Crippen LogP contribution is 2.41. The van der Waals surface area contributed by atoms with Gasteiger partial charge in [0, 0.05) is 18.7 Å². The number of benzene rings is 1. The Morgan fingerprint density at radius 2 is 1.90 bits per heavy atom. The van der Waals surface area contributed by atoms with Crippen molar-refractivity contribution in [3.05, 3.63) is 53.9 Å². The third-order valence-corrected chi connectivity index (χ3v) is 7.51. The number of H-pyrrole nitrogens is 1. The smallest absolute Gasteiger partial charge is 0.254 e. The normalized spacial score (nSPS) is 30.2. The molecule has 1 aromatic carbocycles. The number of likely N-dealkylation sites (tertiary alicyclic amines) is 1. The van der Waals surface area contributed by atoms with Gasteiger partial charge in [-0.2, -0.15) is 5.10 Å². The van der Waals surface area contributed by atoms with Crippen LogP contribution in [0.4, 0.5) is 0 Å². The minimum atomic E-state index is -1.14. The van der Waals surface area contributed by atoms with Crippen molar-refractivity contribution in [3.63, 3.8) is 0 Å². The monoisotopic (exact) mass is 423 g/mol. The number of aliphatic hydroxyl groups is 1. The standard InChI is InChI=1S/C25H33N3O3/c29-24(25(30)13-14-25)28-16-4-7-21(22-12-15-26-27-22)23(28)17-31-20-10-8-19(9-11-20)18-5-2-1-3-6-18/h1-3,5-6,12,15,19-21,23,30H,4,7-11,13-14,16-17H2,(H,26,27)/t19-,20+,21-,23+/m1/s1. The van der Waals surface area contributed by atoms with Gasteiger partial charge in [-0.1, -0.05) is 30.3 Å². The van der Waals surface area contributed by atoms with Crippen LogP contribution in [0.15, 0.2) is 42.6 Å². The lowest BCUT2D eigenvalue weighted by atomic mass is 9.82. The molecule has 6 heteroatoms. The summed E-state index contributed by atoms with van der Waals surface area (Å²) in [5.41, 5.74) is 1.28. The van der Waals surface area contributed by atoms with Gasteiger partial charge in [0.1, 0.15) is 5.60 Å². The molecule has 2 aromatic rings. The molecule has 5 rings (SSSR count). The van der Waals surface area contributed by atoms with Crippen molar-refractivity contribution >= 4 is 5.91 Å². The third kappa shape index (κ3) is 4.41. The van der Waals surface area contributed by atoms with Crippen LogP contribution in [0.1, 0.15) is 74.5 Å². The second kappa shape index (κ2) is 8.75. The molecule has 0 radical (unpaired) electrons. The molecule has 2 aliphatic carbocycles. The zero-order chi connectivity index (χ0) is 21.3. The Balaban J connectivity index is 1.24. The summed E-state index contributed by atoms with van der Waals surface area (Å²) in [5.74, 6) is 0.649. The minimum absolute atomic E-state index is 0.0685. The van der Waals surface area contributed by atoms with Crippen molar-refractivity contribution in [2.75, 3.05) is 13.2 Å². The molecule has 31 heavy (non-hydrogen) atoms. The number of aromatic amines is 1. The van der Waals surface area contributed by atoms with Crippen LogP contribution in [0.2, 0.25) is 0 Å². The molecule has 2 saturated carbocycles. The fraction of sp³-hybridized carbons (Fsp3) is 0.600. The van der Waals surface area contributed by atoms with Crippen molar-refractivity contribution < 1.29 is 14.6 Å². The van der Waals surface area contributed by atoms with Gasteiger partial charge in [0.15, 0.2) is 0 Å². The summed E-state index contributed by atoms with van der Waals surface area (Å²) in [4.78, 5) is 14.9. The third-order valence-electron chi connectivity index (χ3n) is 7.51. The number of hydrogen-bond acceptors (Lipinski definition) is 4. The predicted octanol–water partition coefficient (Wildman–Crippen LogP) is 3.75. The first-order valence-corrected chi connectivity index (χ1v) is 11.8. The molecule has 3 aliphatic rings. The van der Waals surface area contributed by atoms with Crippen molar-refractivity contribution in [2.24, 2.45) is 0 Å². The van der Waals surface area contributed by atoms with Crippen molar-refractivity contribution in [1.82, 2.24) is 15.1 Å². The average Bonchev–Trinajstić information content (AvgIpc) is 3.34. The summed E-state index contributed by atoms with van der Waals surface area (Å²) < 4.78 is 6.43. The second-order valence-corrected chi connectivity index (χ2v) is 9.56. The fourth-order valence-electron chi connectivity index (χ4n) is 5.46. The number of piperidine rings is 1. The van der Waals surface area contributed by atoms with Crippen LogP contribution >= 0.6 is 0 Å². The Bertz CT molecular complexity index is 857. The van der Waals surface area contributed by atoms with E-state index in [9.17, 15) is 9.90 Å². The molecular formula is C25H33N3O3. The lowest BCUT2D eigenvalue weighted by Crippen LogP contribution is -2.54. The molecule has 0 bridgehead atoms. The highest BCUT2D eigenvalue weighted by molar-refractivity contribution is 5.88. The predicted molar refractivity (Wildman–Crippen MR) is 118 cm³/mol. The number of amides is 1. The number of ether oxygens (including phenoxy) is 1. The SMILES string of the molecule is O=C(N1CCC[C@H](c2cc[nH]n2)[C@@H]1CO[C@H]1CC[C@@H](c2ccccc2)CC1)C1(O)CC1. The number of aromatic nitrogens is 2. The lowest BCUT2D eigenvalue weighted by Gasteiger charge is -2.42. The molecule has 0 unspecified atom stereocenters. The summed E-state index contributed by atoms with van der Waals surface area (Å²) in [6.07, 6.45) is 9.54. The largest absolute Gasteiger partial charge is 0.380 e. The van der Waals surface area contributed by atoms with Crippen molar-refractivity contribution in [3.8, 4) is 0 Å². The molecule has 2 atom stereocenters. The number of carbonyl (C=O) groups excluding carboxylic acids is 1. The maximum Gasteiger partial charge on any atom is 0.254 e. The lowest BCUT2D eigenvalue weighted by molar-refractivity contribution is -0.149. The van der Waals surface area contributed by atoms with Crippen LogP contribution in [-0.2, 0) is 9.53 Å². The number of nitrogens with zero attached hydrogens (tertiary/aromatic N) is 2. The summed E-state index contributed by atoms with van der Waals surface area (Å²) in [7, 11) is 0. The molecule has 2 N–H and O–H groups in total. The first-order valence-electron chi connectivity index (χ1n) is 11.8. The van der Waals surface area contributed by atoms with Crippen molar-refractivity contribution in [2.45, 2.75) is 80.9 Å². The zero-order valence-electron chi connectivity index (χ0n) is 18.1. The highest BCUT2D eigenvalue weighted by atomic mass is 16.5. The van der Waals surface area contributed by atoms with Crippen LogP contribution in [0.25, 0.3) is 0 Å². The van der Waals surface area contributed by atoms with E-state index in [4.69, 9.17) is 4.74 Å². The van der Waals surface area contributed by atoms with E-state index in [0.29, 0.717) is 31.9 Å². The Labute approximate surface area is 184 Å². The average molecular weight is 424 g/mol. The summed E-state index contributed by atoms with van der Waals surface area (Å²) >= 11 is 0. The van der Waals surface area contributed by atoms with E-state index in [0.717, 1.165) is 44.2 Å². The molecule has 1 amide bonds. The maximum atomic E-state index is 13.1. The molecule has 3 fully saturated rings. The molecule has 0 spiro atoms. The van der Waals surface area contributed by atoms with Gasteiger partial charge in [-0.3, -0.25) is 9.89 Å². The zero-order valence-corrected chi connectivity index (χ0v) is 18.1. The van der Waals surface area contributed by atoms with Gasteiger partial charge in [0.2, 0.25) is 0 Å². The van der Waals surface area contributed by atoms with Crippen LogP contribution < -0.4 is 0 Å². The summed E-state index contributed by atoms with van der Waals surface area (Å²) in [6, 6.07) is 12.7. The van der Waals surface area contributed by atoms with Crippen LogP contribution in [0.3, 0.4) is 0 Å². The van der Waals surface area contributed by atoms with Gasteiger partial charge < -0.3 is 14.7 Å². The summed E-state index contributed by atoms with van der Waals surface area (Å²) in [6.45, 7) is 1.21. The van der Waals surface area contributed by atoms with Gasteiger partial charge in [-0.05, 0) is 68.9 Å². The van der Waals surface area contributed by atoms with E-state index in [1.54, 1.807) is 0 Å². The van der Waals surface area contributed by atoms with Crippen LogP contribution in [0, 0.1) is 0 Å². The van der Waals surface area contributed by atoms with E-state index in [-0.39, 0.29) is 24.0 Å². The van der Waals surface area contributed by atoms with Gasteiger partial charge in [0.25, 0.3) is 5.91 Å². The van der Waals surface area contributed by atoms with Crippen LogP contribution in [0.5, 0.6) is 0 Å². The molecule has 1 aromatic heterocycles. The quantitative estimate of drug-likeness (QED) is 0.742.